The highest BCUT2D eigenvalue weighted by Crippen LogP contribution is 2.31. The maximum Gasteiger partial charge on any atom is 0.419 e. The number of rotatable bonds is 3. The molecule has 110 valence electrons. The molecule has 7 nitrogen and oxygen atoms in total. The van der Waals surface area contributed by atoms with E-state index in [0.717, 1.165) is 0 Å². The van der Waals surface area contributed by atoms with Gasteiger partial charge in [0, 0.05) is 18.7 Å². The van der Waals surface area contributed by atoms with E-state index in [9.17, 15) is 14.4 Å². The van der Waals surface area contributed by atoms with Gasteiger partial charge in [-0.3, -0.25) is 14.2 Å². The summed E-state index contributed by atoms with van der Waals surface area (Å²) in [6.45, 7) is 0. The fourth-order valence-electron chi connectivity index (χ4n) is 2.24. The highest BCUT2D eigenvalue weighted by Gasteiger charge is 2.44. The van der Waals surface area contributed by atoms with Crippen molar-refractivity contribution in [1.82, 2.24) is 9.88 Å². The van der Waals surface area contributed by atoms with Crippen LogP contribution in [-0.2, 0) is 11.8 Å². The summed E-state index contributed by atoms with van der Waals surface area (Å²) in [5, 5.41) is 11.6. The third-order valence-electron chi connectivity index (χ3n) is 3.52. The Balaban J connectivity index is 1.89. The van der Waals surface area contributed by atoms with Crippen LogP contribution in [0, 0.1) is 5.92 Å². The molecule has 8 heteroatoms. The molecule has 1 fully saturated rings. The fraction of sp³-hybridized carbons (Fsp3) is 0.308. The molecule has 2 atom stereocenters. The number of nitrogens with one attached hydrogen (secondary N) is 1. The third-order valence-corrected chi connectivity index (χ3v) is 3.81. The number of benzene rings is 1. The van der Waals surface area contributed by atoms with Crippen molar-refractivity contribution in [2.24, 2.45) is 13.0 Å². The maximum atomic E-state index is 12.1. The number of carboxylic acid groups (broad SMARTS) is 1. The Morgan fingerprint density at radius 1 is 1.48 bits per heavy atom. The molecule has 1 saturated carbocycles. The van der Waals surface area contributed by atoms with Crippen LogP contribution in [0.25, 0.3) is 11.1 Å². The molecule has 0 spiro atoms. The normalized spacial score (nSPS) is 20.5. The van der Waals surface area contributed by atoms with Crippen molar-refractivity contribution in [3.8, 4) is 0 Å². The summed E-state index contributed by atoms with van der Waals surface area (Å²) in [5.74, 6) is -2.48. The number of aryl methyl sites for hydroxylation is 1. The Kier molecular flexibility index (Phi) is 3.02. The summed E-state index contributed by atoms with van der Waals surface area (Å²) in [6.07, 6.45) is 0.414. The van der Waals surface area contributed by atoms with Gasteiger partial charge >= 0.3 is 11.7 Å². The standard InChI is InChI=1S/C13H11ClN2O5/c1-16-10-7(14)2-5(3-9(10)21-13(16)20)11(17)15-8-4-6(8)12(18)19/h2-3,6,8H,4H2,1H3,(H,15,17)(H,18,19)/t6-,8?/m0/s1. The molecule has 21 heavy (non-hydrogen) atoms. The van der Waals surface area contributed by atoms with E-state index in [4.69, 9.17) is 21.1 Å². The summed E-state index contributed by atoms with van der Waals surface area (Å²) >= 11 is 6.06. The first-order valence-corrected chi connectivity index (χ1v) is 6.59. The first-order chi connectivity index (χ1) is 9.88. The van der Waals surface area contributed by atoms with Gasteiger partial charge in [-0.25, -0.2) is 4.79 Å². The number of nitrogens with zero attached hydrogens (tertiary/aromatic N) is 1. The smallest absolute Gasteiger partial charge is 0.419 e. The number of hydrogen-bond donors (Lipinski definition) is 2. The molecule has 2 aromatic rings. The average Bonchev–Trinajstić information content (AvgIpc) is 3.10. The largest absolute Gasteiger partial charge is 0.481 e. The zero-order valence-electron chi connectivity index (χ0n) is 10.9. The Hall–Kier alpha value is -2.28. The summed E-state index contributed by atoms with van der Waals surface area (Å²) in [6, 6.07) is 2.47. The minimum atomic E-state index is -0.928. The van der Waals surface area contributed by atoms with Crippen molar-refractivity contribution in [3.63, 3.8) is 0 Å². The lowest BCUT2D eigenvalue weighted by molar-refractivity contribution is -0.138. The van der Waals surface area contributed by atoms with Crippen LogP contribution in [0.3, 0.4) is 0 Å². The topological polar surface area (TPSA) is 102 Å². The number of fused-ring (bicyclic) bond motifs is 1. The molecule has 1 aliphatic rings. The first kappa shape index (κ1) is 13.7. The predicted octanol–water partition coefficient (Wildman–Crippen LogP) is 0.988. The number of aromatic nitrogens is 1. The second-order valence-electron chi connectivity index (χ2n) is 4.99. The van der Waals surface area contributed by atoms with Gasteiger partial charge in [-0.15, -0.1) is 0 Å². The lowest BCUT2D eigenvalue weighted by Crippen LogP contribution is -2.28. The number of carbonyl (C=O) groups excluding carboxylic acids is 1. The van der Waals surface area contributed by atoms with Crippen LogP contribution in [0.1, 0.15) is 16.8 Å². The molecule has 1 aromatic carbocycles. The molecule has 1 aliphatic carbocycles. The van der Waals surface area contributed by atoms with Crippen molar-refractivity contribution in [2.45, 2.75) is 12.5 Å². The quantitative estimate of drug-likeness (QED) is 0.880. The minimum absolute atomic E-state index is 0.214. The zero-order valence-corrected chi connectivity index (χ0v) is 11.7. The zero-order chi connectivity index (χ0) is 15.3. The van der Waals surface area contributed by atoms with E-state index in [2.05, 4.69) is 5.32 Å². The van der Waals surface area contributed by atoms with E-state index in [1.54, 1.807) is 0 Å². The van der Waals surface area contributed by atoms with Crippen molar-refractivity contribution < 1.29 is 19.1 Å². The number of amides is 1. The third kappa shape index (κ3) is 2.29. The van der Waals surface area contributed by atoms with Crippen LogP contribution in [-0.4, -0.2) is 27.6 Å². The summed E-state index contributed by atoms with van der Waals surface area (Å²) in [5.41, 5.74) is 0.844. The van der Waals surface area contributed by atoms with E-state index in [1.165, 1.54) is 23.7 Å². The summed E-state index contributed by atoms with van der Waals surface area (Å²) in [7, 11) is 1.52. The van der Waals surface area contributed by atoms with Crippen molar-refractivity contribution in [3.05, 3.63) is 33.3 Å². The second kappa shape index (κ2) is 4.63. The second-order valence-corrected chi connectivity index (χ2v) is 5.40. The van der Waals surface area contributed by atoms with Gasteiger partial charge in [0.1, 0.15) is 5.52 Å². The molecule has 1 aromatic heterocycles. The molecule has 0 saturated heterocycles. The van der Waals surface area contributed by atoms with Gasteiger partial charge in [0.25, 0.3) is 5.91 Å². The van der Waals surface area contributed by atoms with Crippen LogP contribution in [0.2, 0.25) is 5.02 Å². The van der Waals surface area contributed by atoms with Crippen molar-refractivity contribution >= 4 is 34.6 Å². The number of carbonyl (C=O) groups is 2. The van der Waals surface area contributed by atoms with Crippen LogP contribution in [0.4, 0.5) is 0 Å². The fourth-order valence-corrected chi connectivity index (χ4v) is 2.58. The lowest BCUT2D eigenvalue weighted by Gasteiger charge is -2.05. The Morgan fingerprint density at radius 3 is 2.81 bits per heavy atom. The van der Waals surface area contributed by atoms with Crippen LogP contribution >= 0.6 is 11.6 Å². The number of carboxylic acids is 1. The van der Waals surface area contributed by atoms with Crippen molar-refractivity contribution in [2.75, 3.05) is 0 Å². The summed E-state index contributed by atoms with van der Waals surface area (Å²) in [4.78, 5) is 34.2. The molecule has 0 radical (unpaired) electrons. The molecule has 0 bridgehead atoms. The van der Waals surface area contributed by atoms with Gasteiger partial charge in [-0.2, -0.15) is 0 Å². The van der Waals surface area contributed by atoms with Gasteiger partial charge in [0.2, 0.25) is 0 Å². The van der Waals surface area contributed by atoms with Gasteiger partial charge in [-0.05, 0) is 18.6 Å². The van der Waals surface area contributed by atoms with E-state index in [1.807, 2.05) is 0 Å². The van der Waals surface area contributed by atoms with E-state index < -0.39 is 23.6 Å². The Morgan fingerprint density at radius 2 is 2.19 bits per heavy atom. The first-order valence-electron chi connectivity index (χ1n) is 6.21. The van der Waals surface area contributed by atoms with E-state index >= 15 is 0 Å². The number of aliphatic carboxylic acids is 1. The van der Waals surface area contributed by atoms with E-state index in [0.29, 0.717) is 11.9 Å². The molecular weight excluding hydrogens is 300 g/mol. The van der Waals surface area contributed by atoms with Gasteiger partial charge in [-0.1, -0.05) is 11.6 Å². The molecule has 0 aliphatic heterocycles. The van der Waals surface area contributed by atoms with Gasteiger partial charge in [0.05, 0.1) is 10.9 Å². The maximum absolute atomic E-state index is 12.1. The molecule has 1 heterocycles. The molecule has 1 unspecified atom stereocenters. The molecule has 2 N–H and O–H groups in total. The predicted molar refractivity (Wildman–Crippen MR) is 73.5 cm³/mol. The highest BCUT2D eigenvalue weighted by molar-refractivity contribution is 6.35. The van der Waals surface area contributed by atoms with Crippen LogP contribution < -0.4 is 11.1 Å². The number of oxazole rings is 1. The molecular formula is C13H11ClN2O5. The molecule has 1 amide bonds. The Bertz CT molecular complexity index is 822. The van der Waals surface area contributed by atoms with E-state index in [-0.39, 0.29) is 22.2 Å². The Labute approximate surface area is 123 Å². The van der Waals surface area contributed by atoms with Crippen molar-refractivity contribution in [1.29, 1.82) is 0 Å². The number of hydrogen-bond acceptors (Lipinski definition) is 4. The van der Waals surface area contributed by atoms with Gasteiger partial charge < -0.3 is 14.8 Å². The van der Waals surface area contributed by atoms with Crippen LogP contribution in [0.15, 0.2) is 21.3 Å². The van der Waals surface area contributed by atoms with Crippen LogP contribution in [0.5, 0.6) is 0 Å². The number of halogens is 1. The SMILES string of the molecule is Cn1c(=O)oc2cc(C(=O)NC3C[C@@H]3C(=O)O)cc(Cl)c21. The lowest BCUT2D eigenvalue weighted by atomic mass is 10.2. The summed E-state index contributed by atoms with van der Waals surface area (Å²) < 4.78 is 6.25. The minimum Gasteiger partial charge on any atom is -0.481 e. The monoisotopic (exact) mass is 310 g/mol. The molecule has 3 rings (SSSR count). The van der Waals surface area contributed by atoms with Gasteiger partial charge in [0.15, 0.2) is 5.58 Å². The highest BCUT2D eigenvalue weighted by atomic mass is 35.5. The average molecular weight is 311 g/mol.